The van der Waals surface area contributed by atoms with Crippen LogP contribution in [0, 0.1) is 5.82 Å². The van der Waals surface area contributed by atoms with Crippen LogP contribution in [0.3, 0.4) is 0 Å². The molecule has 0 fully saturated rings. The van der Waals surface area contributed by atoms with Crippen molar-refractivity contribution < 1.29 is 31.5 Å². The lowest BCUT2D eigenvalue weighted by molar-refractivity contribution is -0.185. The Morgan fingerprint density at radius 3 is 2.59 bits per heavy atom. The summed E-state index contributed by atoms with van der Waals surface area (Å²) < 4.78 is 69.8. The zero-order valence-corrected chi connectivity index (χ0v) is 19.6. The molecule has 4 N–H and O–H groups in total. The number of hydrogen-bond acceptors (Lipinski definition) is 5. The number of nitrogens with two attached hydrogens (primary N) is 1. The van der Waals surface area contributed by atoms with E-state index in [9.17, 15) is 22.7 Å². The SMILES string of the molecule is CCS(=O)(=O)c1cc2c3c([nH]c2cn1)C[C@@](O)(CC(C)(C)c1ccc(F)cc1C(N)=O)C3(F)F. The van der Waals surface area contributed by atoms with Crippen LogP contribution >= 0.6 is 0 Å². The highest BCUT2D eigenvalue weighted by atomic mass is 32.2. The quantitative estimate of drug-likeness (QED) is 0.484. The van der Waals surface area contributed by atoms with E-state index in [-0.39, 0.29) is 38.5 Å². The third kappa shape index (κ3) is 3.58. The normalized spacial score (nSPS) is 20.0. The second-order valence-corrected chi connectivity index (χ2v) is 11.6. The summed E-state index contributed by atoms with van der Waals surface area (Å²) in [5.41, 5.74) is 1.50. The van der Waals surface area contributed by atoms with Crippen molar-refractivity contribution in [1.82, 2.24) is 9.97 Å². The van der Waals surface area contributed by atoms with Crippen molar-refractivity contribution in [3.05, 3.63) is 58.7 Å². The fourth-order valence-corrected chi connectivity index (χ4v) is 5.69. The van der Waals surface area contributed by atoms with Gasteiger partial charge in [-0.3, -0.25) is 4.79 Å². The lowest BCUT2D eigenvalue weighted by Crippen LogP contribution is -2.47. The number of benzene rings is 1. The van der Waals surface area contributed by atoms with Gasteiger partial charge >= 0.3 is 5.92 Å². The number of sulfone groups is 1. The molecule has 2 heterocycles. The number of nitrogens with one attached hydrogen (secondary N) is 1. The molecule has 3 aromatic rings. The molecule has 2 aromatic heterocycles. The monoisotopic (exact) mass is 495 g/mol. The molecule has 1 aliphatic rings. The maximum atomic E-state index is 15.8. The Morgan fingerprint density at radius 1 is 1.29 bits per heavy atom. The van der Waals surface area contributed by atoms with Crippen LogP contribution in [-0.4, -0.2) is 40.8 Å². The van der Waals surface area contributed by atoms with Crippen LogP contribution in [-0.2, 0) is 27.6 Å². The Bertz CT molecular complexity index is 1430. The van der Waals surface area contributed by atoms with Gasteiger partial charge in [0.15, 0.2) is 14.9 Å². The average molecular weight is 496 g/mol. The van der Waals surface area contributed by atoms with Gasteiger partial charge in [-0.2, -0.15) is 8.78 Å². The van der Waals surface area contributed by atoms with E-state index in [1.165, 1.54) is 19.2 Å². The van der Waals surface area contributed by atoms with Crippen molar-refractivity contribution in [3.8, 4) is 0 Å². The van der Waals surface area contributed by atoms with Crippen LogP contribution in [0.15, 0.2) is 35.5 Å². The van der Waals surface area contributed by atoms with Gasteiger partial charge in [-0.1, -0.05) is 26.8 Å². The van der Waals surface area contributed by atoms with E-state index in [1.54, 1.807) is 13.8 Å². The summed E-state index contributed by atoms with van der Waals surface area (Å²) in [5.74, 6) is -5.63. The van der Waals surface area contributed by atoms with Gasteiger partial charge in [0.05, 0.1) is 23.0 Å². The molecule has 0 bridgehead atoms. The number of alkyl halides is 2. The Kier molecular flexibility index (Phi) is 5.37. The molecular formula is C23H24F3N3O4S. The van der Waals surface area contributed by atoms with Crippen molar-refractivity contribution in [1.29, 1.82) is 0 Å². The smallest absolute Gasteiger partial charge is 0.304 e. The van der Waals surface area contributed by atoms with E-state index < -0.39 is 56.9 Å². The summed E-state index contributed by atoms with van der Waals surface area (Å²) in [6.45, 7) is 4.54. The highest BCUT2D eigenvalue weighted by molar-refractivity contribution is 7.91. The van der Waals surface area contributed by atoms with E-state index >= 15 is 8.78 Å². The average Bonchev–Trinajstić information content (AvgIpc) is 3.18. The number of hydrogen-bond donors (Lipinski definition) is 3. The molecule has 0 saturated carbocycles. The van der Waals surface area contributed by atoms with Crippen LogP contribution in [0.1, 0.15) is 54.4 Å². The first-order valence-electron chi connectivity index (χ1n) is 10.6. The van der Waals surface area contributed by atoms with Gasteiger partial charge in [0.1, 0.15) is 11.4 Å². The fraction of sp³-hybridized carbons (Fsp3) is 0.391. The minimum absolute atomic E-state index is 0.0321. The molecule has 7 nitrogen and oxygen atoms in total. The largest absolute Gasteiger partial charge is 0.383 e. The maximum Gasteiger partial charge on any atom is 0.304 e. The predicted octanol–water partition coefficient (Wildman–Crippen LogP) is 3.34. The summed E-state index contributed by atoms with van der Waals surface area (Å²) in [5, 5.41) is 10.9. The first-order valence-corrected chi connectivity index (χ1v) is 12.2. The Balaban J connectivity index is 1.79. The van der Waals surface area contributed by atoms with Crippen molar-refractivity contribution in [2.45, 2.75) is 55.6 Å². The highest BCUT2D eigenvalue weighted by Gasteiger charge is 2.62. The lowest BCUT2D eigenvalue weighted by atomic mass is 9.71. The van der Waals surface area contributed by atoms with Gasteiger partial charge in [-0.05, 0) is 35.6 Å². The molecule has 1 aliphatic carbocycles. The molecule has 34 heavy (non-hydrogen) atoms. The van der Waals surface area contributed by atoms with Gasteiger partial charge < -0.3 is 15.8 Å². The number of primary amides is 1. The third-order valence-electron chi connectivity index (χ3n) is 6.51. The minimum atomic E-state index is -3.76. The van der Waals surface area contributed by atoms with E-state index in [2.05, 4.69) is 9.97 Å². The number of carbonyl (C=O) groups excluding carboxylic acids is 1. The van der Waals surface area contributed by atoms with E-state index in [1.807, 2.05) is 0 Å². The number of H-pyrrole nitrogens is 1. The van der Waals surface area contributed by atoms with Crippen molar-refractivity contribution >= 4 is 26.6 Å². The zero-order chi connectivity index (χ0) is 25.3. The third-order valence-corrected chi connectivity index (χ3v) is 8.13. The molecule has 0 unspecified atom stereocenters. The van der Waals surface area contributed by atoms with Gasteiger partial charge in [-0.15, -0.1) is 0 Å². The van der Waals surface area contributed by atoms with Gasteiger partial charge in [0.2, 0.25) is 5.91 Å². The minimum Gasteiger partial charge on any atom is -0.383 e. The summed E-state index contributed by atoms with van der Waals surface area (Å²) in [6.07, 6.45) is 0.247. The van der Waals surface area contributed by atoms with Crippen molar-refractivity contribution in [2.24, 2.45) is 5.73 Å². The summed E-state index contributed by atoms with van der Waals surface area (Å²) in [4.78, 5) is 18.6. The predicted molar refractivity (Wildman–Crippen MR) is 119 cm³/mol. The Morgan fingerprint density at radius 2 is 1.97 bits per heavy atom. The number of fused-ring (bicyclic) bond motifs is 3. The van der Waals surface area contributed by atoms with Crippen LogP contribution in [0.5, 0.6) is 0 Å². The van der Waals surface area contributed by atoms with Gasteiger partial charge in [0.25, 0.3) is 0 Å². The number of rotatable bonds is 6. The van der Waals surface area contributed by atoms with E-state index in [4.69, 9.17) is 5.73 Å². The van der Waals surface area contributed by atoms with Crippen LogP contribution < -0.4 is 5.73 Å². The topological polar surface area (TPSA) is 126 Å². The molecular weight excluding hydrogens is 471 g/mol. The number of aromatic nitrogens is 2. The number of aromatic amines is 1. The molecule has 1 aromatic carbocycles. The number of aliphatic hydroxyl groups is 1. The molecule has 11 heteroatoms. The second-order valence-electron chi connectivity index (χ2n) is 9.35. The molecule has 0 radical (unpaired) electrons. The van der Waals surface area contributed by atoms with E-state index in [0.29, 0.717) is 0 Å². The highest BCUT2D eigenvalue weighted by Crippen LogP contribution is 2.55. The zero-order valence-electron chi connectivity index (χ0n) is 18.7. The van der Waals surface area contributed by atoms with Crippen LogP contribution in [0.2, 0.25) is 0 Å². The van der Waals surface area contributed by atoms with E-state index in [0.717, 1.165) is 18.2 Å². The molecule has 182 valence electrons. The van der Waals surface area contributed by atoms with Crippen molar-refractivity contribution in [2.75, 3.05) is 5.75 Å². The standard InChI is InChI=1S/C23H24F3N3O4S/c1-4-34(32,33)18-8-14-17(10-28-18)29-16-9-22(31,23(25,26)19(14)16)11-21(2,3)15-6-5-12(24)7-13(15)20(27)30/h5-8,10,29,31H,4,9,11H2,1-3H3,(H2,27,30)/t22-/m1/s1. The van der Waals surface area contributed by atoms with Crippen molar-refractivity contribution in [3.63, 3.8) is 0 Å². The first kappa shape index (κ1) is 24.2. The number of nitrogens with zero attached hydrogens (tertiary/aromatic N) is 1. The number of amides is 1. The molecule has 0 aliphatic heterocycles. The number of carbonyl (C=O) groups is 1. The number of pyridine rings is 1. The fourth-order valence-electron chi connectivity index (χ4n) is 4.89. The summed E-state index contributed by atoms with van der Waals surface area (Å²) >= 11 is 0. The van der Waals surface area contributed by atoms with Crippen LogP contribution in [0.25, 0.3) is 10.9 Å². The Labute approximate surface area is 194 Å². The first-order chi connectivity index (χ1) is 15.6. The lowest BCUT2D eigenvalue weighted by Gasteiger charge is -2.38. The van der Waals surface area contributed by atoms with Crippen LogP contribution in [0.4, 0.5) is 13.2 Å². The molecule has 0 spiro atoms. The molecule has 0 saturated heterocycles. The molecule has 1 atom stereocenters. The molecule has 1 amide bonds. The Hall–Kier alpha value is -2.92. The van der Waals surface area contributed by atoms with Gasteiger partial charge in [-0.25, -0.2) is 17.8 Å². The summed E-state index contributed by atoms with van der Waals surface area (Å²) in [6, 6.07) is 4.43. The maximum absolute atomic E-state index is 15.8. The van der Waals surface area contributed by atoms with Gasteiger partial charge in [0, 0.05) is 23.1 Å². The summed E-state index contributed by atoms with van der Waals surface area (Å²) in [7, 11) is -3.74. The second kappa shape index (κ2) is 7.54. The molecule has 4 rings (SSSR count). The number of halogens is 3.